The first-order chi connectivity index (χ1) is 15.1. The van der Waals surface area contributed by atoms with Gasteiger partial charge in [0, 0.05) is 16.9 Å². The maximum absolute atomic E-state index is 15.3. The first kappa shape index (κ1) is 22.1. The van der Waals surface area contributed by atoms with Gasteiger partial charge in [-0.1, -0.05) is 11.6 Å². The predicted octanol–water partition coefficient (Wildman–Crippen LogP) is 4.86. The van der Waals surface area contributed by atoms with E-state index >= 15 is 4.39 Å². The van der Waals surface area contributed by atoms with Crippen molar-refractivity contribution in [1.82, 2.24) is 0 Å². The molecule has 2 fully saturated rings. The Bertz CT molecular complexity index is 1170. The van der Waals surface area contributed by atoms with Gasteiger partial charge in [0.05, 0.1) is 29.8 Å². The molecule has 0 spiro atoms. The van der Waals surface area contributed by atoms with Gasteiger partial charge in [0.15, 0.2) is 27.2 Å². The molecule has 9 heteroatoms. The van der Waals surface area contributed by atoms with E-state index in [2.05, 4.69) is 0 Å². The fraction of sp³-hybridized carbons (Fsp3) is 0.478. The van der Waals surface area contributed by atoms with E-state index in [4.69, 9.17) is 25.8 Å². The molecule has 0 bridgehead atoms. The van der Waals surface area contributed by atoms with Crippen LogP contribution >= 0.6 is 11.6 Å². The maximum atomic E-state index is 15.3. The molecular formula is C23H23ClF2O5S. The zero-order valence-electron chi connectivity index (χ0n) is 17.6. The van der Waals surface area contributed by atoms with Crippen LogP contribution in [0.3, 0.4) is 0 Å². The summed E-state index contributed by atoms with van der Waals surface area (Å²) in [6.45, 7) is 3.75. The Labute approximate surface area is 190 Å². The van der Waals surface area contributed by atoms with Gasteiger partial charge in [-0.15, -0.1) is 0 Å². The van der Waals surface area contributed by atoms with E-state index in [0.29, 0.717) is 11.4 Å². The third kappa shape index (κ3) is 3.10. The molecule has 2 aromatic carbocycles. The summed E-state index contributed by atoms with van der Waals surface area (Å²) in [7, 11) is -4.19. The van der Waals surface area contributed by atoms with E-state index in [1.165, 1.54) is 24.3 Å². The van der Waals surface area contributed by atoms with Crippen LogP contribution in [0, 0.1) is 23.5 Å². The Balaban J connectivity index is 1.74. The standard InChI is InChI=1S/C23H23ClF2O5S/c1-22(2)30-11-15-16-12-29-21-18(26)8-7-17(25)20(21)23(16,10-9-19(15)31-22)32(27,28)14-5-3-13(24)4-6-14/h3-8,15-16,19H,9-12H2,1-2H3/t15?,16-,19?,23-/m1/s1. The molecule has 1 saturated heterocycles. The molecule has 2 aromatic rings. The highest BCUT2D eigenvalue weighted by atomic mass is 35.5. The Hall–Kier alpha value is -1.74. The van der Waals surface area contributed by atoms with Gasteiger partial charge in [0.2, 0.25) is 0 Å². The average Bonchev–Trinajstić information content (AvgIpc) is 2.75. The van der Waals surface area contributed by atoms with E-state index in [1.807, 2.05) is 0 Å². The molecule has 0 N–H and O–H groups in total. The summed E-state index contributed by atoms with van der Waals surface area (Å²) in [6.07, 6.45) is 0.145. The molecule has 2 aliphatic heterocycles. The zero-order valence-corrected chi connectivity index (χ0v) is 19.2. The molecule has 1 aliphatic carbocycles. The van der Waals surface area contributed by atoms with E-state index in [0.717, 1.165) is 12.1 Å². The second kappa shape index (κ2) is 7.38. The molecule has 0 aromatic heterocycles. The zero-order chi connectivity index (χ0) is 22.9. The first-order valence-corrected chi connectivity index (χ1v) is 12.4. The SMILES string of the molecule is CC1(C)OCC2C(CC[C@]3(S(=O)(=O)c4ccc(Cl)cc4)c4c(F)ccc(F)c4OC[C@H]23)O1. The Kier molecular flexibility index (Phi) is 5.09. The molecule has 2 unspecified atom stereocenters. The van der Waals surface area contributed by atoms with Crippen LogP contribution in [0.2, 0.25) is 5.02 Å². The minimum absolute atomic E-state index is 0.000151. The first-order valence-electron chi connectivity index (χ1n) is 10.5. The van der Waals surface area contributed by atoms with Crippen LogP contribution in [-0.4, -0.2) is 33.5 Å². The number of ether oxygens (including phenoxy) is 3. The quantitative estimate of drug-likeness (QED) is 0.609. The molecule has 5 rings (SSSR count). The molecule has 4 atom stereocenters. The van der Waals surface area contributed by atoms with Gasteiger partial charge in [-0.3, -0.25) is 0 Å². The molecule has 3 aliphatic rings. The van der Waals surface area contributed by atoms with Crippen LogP contribution < -0.4 is 4.74 Å². The average molecular weight is 485 g/mol. The molecule has 172 valence electrons. The number of sulfone groups is 1. The minimum Gasteiger partial charge on any atom is -0.490 e. The molecule has 0 amide bonds. The monoisotopic (exact) mass is 484 g/mol. The third-order valence-electron chi connectivity index (χ3n) is 6.94. The lowest BCUT2D eigenvalue weighted by Crippen LogP contribution is -2.61. The van der Waals surface area contributed by atoms with Crippen molar-refractivity contribution in [2.24, 2.45) is 11.8 Å². The summed E-state index contributed by atoms with van der Waals surface area (Å²) < 4.78 is 74.3. The van der Waals surface area contributed by atoms with Crippen molar-refractivity contribution in [2.75, 3.05) is 13.2 Å². The van der Waals surface area contributed by atoms with Crippen molar-refractivity contribution in [3.05, 3.63) is 58.6 Å². The smallest absolute Gasteiger partial charge is 0.188 e. The fourth-order valence-corrected chi connectivity index (χ4v) is 8.06. The number of hydrogen-bond acceptors (Lipinski definition) is 5. The van der Waals surface area contributed by atoms with Crippen LogP contribution in [0.15, 0.2) is 41.3 Å². The normalized spacial score (nSPS) is 31.1. The topological polar surface area (TPSA) is 61.8 Å². The van der Waals surface area contributed by atoms with Gasteiger partial charge in [0.1, 0.15) is 10.6 Å². The summed E-state index contributed by atoms with van der Waals surface area (Å²) in [5.41, 5.74) is -0.244. The summed E-state index contributed by atoms with van der Waals surface area (Å²) in [6, 6.07) is 7.67. The maximum Gasteiger partial charge on any atom is 0.188 e. The van der Waals surface area contributed by atoms with Crippen molar-refractivity contribution >= 4 is 21.4 Å². The number of fused-ring (bicyclic) bond motifs is 5. The molecule has 32 heavy (non-hydrogen) atoms. The van der Waals surface area contributed by atoms with E-state index < -0.39 is 37.9 Å². The largest absolute Gasteiger partial charge is 0.490 e. The van der Waals surface area contributed by atoms with Crippen LogP contribution in [-0.2, 0) is 24.1 Å². The van der Waals surface area contributed by atoms with Gasteiger partial charge in [-0.05, 0) is 63.1 Å². The van der Waals surface area contributed by atoms with E-state index in [9.17, 15) is 12.8 Å². The van der Waals surface area contributed by atoms with Gasteiger partial charge in [0.25, 0.3) is 0 Å². The van der Waals surface area contributed by atoms with Crippen LogP contribution in [0.25, 0.3) is 0 Å². The lowest BCUT2D eigenvalue weighted by Gasteiger charge is -2.55. The highest BCUT2D eigenvalue weighted by molar-refractivity contribution is 7.92. The lowest BCUT2D eigenvalue weighted by atomic mass is 9.66. The Morgan fingerprint density at radius 2 is 1.72 bits per heavy atom. The fourth-order valence-electron chi connectivity index (χ4n) is 5.53. The van der Waals surface area contributed by atoms with Crippen molar-refractivity contribution < 1.29 is 31.4 Å². The van der Waals surface area contributed by atoms with Crippen LogP contribution in [0.1, 0.15) is 32.3 Å². The van der Waals surface area contributed by atoms with Gasteiger partial charge >= 0.3 is 0 Å². The van der Waals surface area contributed by atoms with E-state index in [-0.39, 0.29) is 47.9 Å². The summed E-state index contributed by atoms with van der Waals surface area (Å²) in [4.78, 5) is -0.000151. The van der Waals surface area contributed by atoms with E-state index in [1.54, 1.807) is 13.8 Å². The van der Waals surface area contributed by atoms with Crippen LogP contribution in [0.4, 0.5) is 8.78 Å². The molecule has 1 saturated carbocycles. The van der Waals surface area contributed by atoms with Crippen molar-refractivity contribution in [2.45, 2.75) is 48.2 Å². The van der Waals surface area contributed by atoms with Gasteiger partial charge in [-0.2, -0.15) is 0 Å². The van der Waals surface area contributed by atoms with Crippen molar-refractivity contribution in [3.63, 3.8) is 0 Å². The summed E-state index contributed by atoms with van der Waals surface area (Å²) in [5, 5.41) is 0.377. The van der Waals surface area contributed by atoms with Crippen molar-refractivity contribution in [3.8, 4) is 5.75 Å². The number of rotatable bonds is 2. The Morgan fingerprint density at radius 3 is 2.44 bits per heavy atom. The minimum atomic E-state index is -4.19. The van der Waals surface area contributed by atoms with Crippen molar-refractivity contribution in [1.29, 1.82) is 0 Å². The third-order valence-corrected chi connectivity index (χ3v) is 9.76. The second-order valence-corrected chi connectivity index (χ2v) is 11.7. The Morgan fingerprint density at radius 1 is 1.03 bits per heavy atom. The number of hydrogen-bond donors (Lipinski definition) is 0. The molecule has 0 radical (unpaired) electrons. The summed E-state index contributed by atoms with van der Waals surface area (Å²) >= 11 is 5.97. The van der Waals surface area contributed by atoms with Crippen LogP contribution in [0.5, 0.6) is 5.75 Å². The van der Waals surface area contributed by atoms with Gasteiger partial charge < -0.3 is 14.2 Å². The summed E-state index contributed by atoms with van der Waals surface area (Å²) in [5.74, 6) is -3.79. The van der Waals surface area contributed by atoms with Gasteiger partial charge in [-0.25, -0.2) is 17.2 Å². The predicted molar refractivity (Wildman–Crippen MR) is 113 cm³/mol. The molecule has 5 nitrogen and oxygen atoms in total. The molecular weight excluding hydrogens is 462 g/mol. The highest BCUT2D eigenvalue weighted by Crippen LogP contribution is 2.59. The lowest BCUT2D eigenvalue weighted by molar-refractivity contribution is -0.309. The number of halogens is 3. The number of benzene rings is 2. The molecule has 2 heterocycles. The second-order valence-electron chi connectivity index (χ2n) is 9.07. The highest BCUT2D eigenvalue weighted by Gasteiger charge is 2.64.